The molecular formula is C17H16N4. The van der Waals surface area contributed by atoms with E-state index in [1.54, 1.807) is 0 Å². The van der Waals surface area contributed by atoms with Crippen molar-refractivity contribution in [3.63, 3.8) is 0 Å². The maximum absolute atomic E-state index is 4.53. The van der Waals surface area contributed by atoms with Crippen LogP contribution in [0.25, 0.3) is 11.4 Å². The Bertz CT molecular complexity index is 711. The third-order valence-electron chi connectivity index (χ3n) is 2.99. The molecule has 0 aliphatic carbocycles. The third kappa shape index (κ3) is 3.36. The van der Waals surface area contributed by atoms with Gasteiger partial charge in [-0.2, -0.15) is 0 Å². The highest BCUT2D eigenvalue weighted by molar-refractivity contribution is 5.58. The van der Waals surface area contributed by atoms with Crippen molar-refractivity contribution in [3.8, 4) is 11.4 Å². The van der Waals surface area contributed by atoms with E-state index in [1.165, 1.54) is 0 Å². The molecule has 3 rings (SSSR count). The zero-order chi connectivity index (χ0) is 14.5. The number of benzene rings is 2. The smallest absolute Gasteiger partial charge is 0.161 e. The van der Waals surface area contributed by atoms with Gasteiger partial charge in [-0.3, -0.25) is 10.9 Å². The first-order valence-corrected chi connectivity index (χ1v) is 6.79. The number of nitrogens with zero attached hydrogens (tertiary/aromatic N) is 2. The van der Waals surface area contributed by atoms with Gasteiger partial charge in [0.25, 0.3) is 0 Å². The van der Waals surface area contributed by atoms with Crippen molar-refractivity contribution in [2.45, 2.75) is 6.92 Å². The summed E-state index contributed by atoms with van der Waals surface area (Å²) in [5.74, 6) is 1.46. The summed E-state index contributed by atoms with van der Waals surface area (Å²) in [6, 6.07) is 21.8. The van der Waals surface area contributed by atoms with Crippen LogP contribution in [0.3, 0.4) is 0 Å². The molecule has 3 aromatic rings. The Morgan fingerprint density at radius 1 is 0.762 bits per heavy atom. The topological polar surface area (TPSA) is 49.8 Å². The zero-order valence-corrected chi connectivity index (χ0v) is 11.7. The SMILES string of the molecule is Cc1cc(NNc2ccccc2)nc(-c2ccccc2)n1. The molecule has 0 radical (unpaired) electrons. The zero-order valence-electron chi connectivity index (χ0n) is 11.7. The highest BCUT2D eigenvalue weighted by atomic mass is 15.4. The normalized spacial score (nSPS) is 10.1. The summed E-state index contributed by atoms with van der Waals surface area (Å²) in [5, 5.41) is 0. The van der Waals surface area contributed by atoms with E-state index in [-0.39, 0.29) is 0 Å². The summed E-state index contributed by atoms with van der Waals surface area (Å²) >= 11 is 0. The first-order chi connectivity index (χ1) is 10.3. The molecule has 0 saturated carbocycles. The van der Waals surface area contributed by atoms with Crippen LogP contribution in [0, 0.1) is 6.92 Å². The highest BCUT2D eigenvalue weighted by Gasteiger charge is 2.04. The van der Waals surface area contributed by atoms with Crippen LogP contribution in [0.2, 0.25) is 0 Å². The summed E-state index contributed by atoms with van der Waals surface area (Å²) < 4.78 is 0. The van der Waals surface area contributed by atoms with Gasteiger partial charge in [-0.1, -0.05) is 48.5 Å². The first-order valence-electron chi connectivity index (χ1n) is 6.79. The molecular weight excluding hydrogens is 260 g/mol. The molecule has 21 heavy (non-hydrogen) atoms. The van der Waals surface area contributed by atoms with Crippen LogP contribution in [0.15, 0.2) is 66.7 Å². The van der Waals surface area contributed by atoms with Crippen molar-refractivity contribution in [1.82, 2.24) is 9.97 Å². The van der Waals surface area contributed by atoms with Crippen molar-refractivity contribution < 1.29 is 0 Å². The maximum atomic E-state index is 4.53. The number of hydrazine groups is 1. The van der Waals surface area contributed by atoms with Crippen LogP contribution in [-0.4, -0.2) is 9.97 Å². The van der Waals surface area contributed by atoms with Crippen LogP contribution in [-0.2, 0) is 0 Å². The minimum absolute atomic E-state index is 0.716. The number of hydrogen-bond donors (Lipinski definition) is 2. The van der Waals surface area contributed by atoms with Gasteiger partial charge in [0.1, 0.15) is 5.82 Å². The Balaban J connectivity index is 1.82. The number of hydrogen-bond acceptors (Lipinski definition) is 4. The fourth-order valence-electron chi connectivity index (χ4n) is 2.01. The molecule has 104 valence electrons. The average molecular weight is 276 g/mol. The van der Waals surface area contributed by atoms with Crippen LogP contribution in [0.5, 0.6) is 0 Å². The van der Waals surface area contributed by atoms with E-state index in [0.29, 0.717) is 5.82 Å². The van der Waals surface area contributed by atoms with Crippen LogP contribution >= 0.6 is 0 Å². The molecule has 0 aliphatic rings. The summed E-state index contributed by atoms with van der Waals surface area (Å²) in [4.78, 5) is 9.01. The predicted octanol–water partition coefficient (Wildman–Crippen LogP) is 3.89. The molecule has 0 bridgehead atoms. The largest absolute Gasteiger partial charge is 0.300 e. The average Bonchev–Trinajstić information content (AvgIpc) is 2.54. The molecule has 0 fully saturated rings. The van der Waals surface area contributed by atoms with E-state index in [1.807, 2.05) is 73.7 Å². The molecule has 0 amide bonds. The Morgan fingerprint density at radius 3 is 2.14 bits per heavy atom. The molecule has 2 aromatic carbocycles. The van der Waals surface area contributed by atoms with Crippen molar-refractivity contribution in [1.29, 1.82) is 0 Å². The summed E-state index contributed by atoms with van der Waals surface area (Å²) in [6.45, 7) is 1.96. The molecule has 4 heteroatoms. The second-order valence-corrected chi connectivity index (χ2v) is 4.70. The molecule has 0 unspecified atom stereocenters. The van der Waals surface area contributed by atoms with Crippen molar-refractivity contribution in [3.05, 3.63) is 72.4 Å². The molecule has 1 heterocycles. The fourth-order valence-corrected chi connectivity index (χ4v) is 2.01. The van der Waals surface area contributed by atoms with Gasteiger partial charge in [0.15, 0.2) is 5.82 Å². The number of aryl methyl sites for hydroxylation is 1. The van der Waals surface area contributed by atoms with Gasteiger partial charge >= 0.3 is 0 Å². The van der Waals surface area contributed by atoms with Crippen LogP contribution in [0.1, 0.15) is 5.69 Å². The van der Waals surface area contributed by atoms with Gasteiger partial charge < -0.3 is 0 Å². The lowest BCUT2D eigenvalue weighted by molar-refractivity contribution is 1.10. The van der Waals surface area contributed by atoms with Gasteiger partial charge in [0.2, 0.25) is 0 Å². The molecule has 0 saturated heterocycles. The molecule has 4 nitrogen and oxygen atoms in total. The molecule has 0 atom stereocenters. The first kappa shape index (κ1) is 13.1. The summed E-state index contributed by atoms with van der Waals surface area (Å²) in [7, 11) is 0. The van der Waals surface area contributed by atoms with E-state index in [0.717, 1.165) is 22.8 Å². The predicted molar refractivity (Wildman–Crippen MR) is 85.9 cm³/mol. The van der Waals surface area contributed by atoms with Crippen molar-refractivity contribution in [2.24, 2.45) is 0 Å². The van der Waals surface area contributed by atoms with E-state index in [9.17, 15) is 0 Å². The lowest BCUT2D eigenvalue weighted by Gasteiger charge is -2.10. The van der Waals surface area contributed by atoms with Gasteiger partial charge in [0.05, 0.1) is 5.69 Å². The van der Waals surface area contributed by atoms with E-state index in [2.05, 4.69) is 20.8 Å². The number of anilines is 2. The Hall–Kier alpha value is -2.88. The Morgan fingerprint density at radius 2 is 1.43 bits per heavy atom. The third-order valence-corrected chi connectivity index (χ3v) is 2.99. The maximum Gasteiger partial charge on any atom is 0.161 e. The molecule has 0 aliphatic heterocycles. The van der Waals surface area contributed by atoms with Gasteiger partial charge in [0, 0.05) is 17.3 Å². The second-order valence-electron chi connectivity index (χ2n) is 4.70. The standard InChI is InChI=1S/C17H16N4/c1-13-12-16(21-20-15-10-6-3-7-11-15)19-17(18-13)14-8-4-2-5-9-14/h2-12,20H,1H3,(H,18,19,21). The summed E-state index contributed by atoms with van der Waals surface area (Å²) in [5.41, 5.74) is 9.14. The Kier molecular flexibility index (Phi) is 3.78. The van der Waals surface area contributed by atoms with Gasteiger partial charge in [-0.05, 0) is 19.1 Å². The molecule has 1 aromatic heterocycles. The summed E-state index contributed by atoms with van der Waals surface area (Å²) in [6.07, 6.45) is 0. The van der Waals surface area contributed by atoms with E-state index >= 15 is 0 Å². The number of para-hydroxylation sites is 1. The van der Waals surface area contributed by atoms with Crippen molar-refractivity contribution >= 4 is 11.5 Å². The number of nitrogens with one attached hydrogen (secondary N) is 2. The fraction of sp³-hybridized carbons (Fsp3) is 0.0588. The van der Waals surface area contributed by atoms with E-state index < -0.39 is 0 Å². The van der Waals surface area contributed by atoms with E-state index in [4.69, 9.17) is 0 Å². The number of aromatic nitrogens is 2. The minimum atomic E-state index is 0.716. The van der Waals surface area contributed by atoms with Gasteiger partial charge in [-0.15, -0.1) is 0 Å². The van der Waals surface area contributed by atoms with Crippen LogP contribution in [0.4, 0.5) is 11.5 Å². The number of rotatable bonds is 4. The van der Waals surface area contributed by atoms with Crippen LogP contribution < -0.4 is 10.9 Å². The van der Waals surface area contributed by atoms with Crippen molar-refractivity contribution in [2.75, 3.05) is 10.9 Å². The Labute approximate surface area is 123 Å². The highest BCUT2D eigenvalue weighted by Crippen LogP contribution is 2.17. The quantitative estimate of drug-likeness (QED) is 0.710. The minimum Gasteiger partial charge on any atom is -0.300 e. The lowest BCUT2D eigenvalue weighted by Crippen LogP contribution is -2.11. The lowest BCUT2D eigenvalue weighted by atomic mass is 10.2. The van der Waals surface area contributed by atoms with Gasteiger partial charge in [-0.25, -0.2) is 9.97 Å². The second kappa shape index (κ2) is 6.05. The monoisotopic (exact) mass is 276 g/mol. The molecule has 2 N–H and O–H groups in total. The molecule has 0 spiro atoms.